The van der Waals surface area contributed by atoms with Crippen LogP contribution in [0.15, 0.2) is 12.2 Å². The van der Waals surface area contributed by atoms with E-state index in [9.17, 15) is 9.59 Å². The third-order valence-electron chi connectivity index (χ3n) is 6.43. The average Bonchev–Trinajstić information content (AvgIpc) is 2.98. The minimum absolute atomic E-state index is 0.0140. The lowest BCUT2D eigenvalue weighted by Gasteiger charge is -2.29. The van der Waals surface area contributed by atoms with Gasteiger partial charge in [0, 0.05) is 24.7 Å². The van der Waals surface area contributed by atoms with Crippen LogP contribution in [-0.2, 0) is 22.9 Å². The number of hydrogen-bond donors (Lipinski definition) is 0. The van der Waals surface area contributed by atoms with E-state index in [1.165, 1.54) is 19.3 Å². The van der Waals surface area contributed by atoms with E-state index in [2.05, 4.69) is 58.4 Å². The Labute approximate surface area is 231 Å². The lowest BCUT2D eigenvalue weighted by atomic mass is 9.88. The van der Waals surface area contributed by atoms with Crippen LogP contribution in [0.3, 0.4) is 0 Å². The Morgan fingerprint density at radius 3 is 2.11 bits per heavy atom. The van der Waals surface area contributed by atoms with Crippen LogP contribution in [0, 0.1) is 11.8 Å². The first-order valence-electron chi connectivity index (χ1n) is 14.8. The van der Waals surface area contributed by atoms with Crippen LogP contribution in [0.25, 0.3) is 0 Å². The first-order valence-corrected chi connectivity index (χ1v) is 25.0. The summed E-state index contributed by atoms with van der Waals surface area (Å²) in [5.41, 5.74) is 0. The summed E-state index contributed by atoms with van der Waals surface area (Å²) in [5, 5.41) is 0. The molecule has 1 aliphatic carbocycles. The highest BCUT2D eigenvalue weighted by molar-refractivity contribution is 6.71. The van der Waals surface area contributed by atoms with Crippen LogP contribution in [0.4, 0.5) is 0 Å². The Morgan fingerprint density at radius 2 is 1.54 bits per heavy atom. The van der Waals surface area contributed by atoms with Crippen molar-refractivity contribution in [3.8, 4) is 0 Å². The molecule has 0 aliphatic heterocycles. The van der Waals surface area contributed by atoms with E-state index < -0.39 is 25.0 Å². The third-order valence-corrected chi connectivity index (χ3v) is 9.29. The first kappa shape index (κ1) is 34.5. The van der Waals surface area contributed by atoms with Gasteiger partial charge in [-0.3, -0.25) is 9.59 Å². The van der Waals surface area contributed by atoms with Crippen molar-refractivity contribution in [2.45, 2.75) is 149 Å². The normalized spacial score (nSPS) is 22.1. The van der Waals surface area contributed by atoms with Gasteiger partial charge in [-0.1, -0.05) is 57.6 Å². The van der Waals surface area contributed by atoms with Crippen molar-refractivity contribution in [2.24, 2.45) is 11.8 Å². The summed E-state index contributed by atoms with van der Waals surface area (Å²) in [6, 6.07) is 0. The fourth-order valence-electron chi connectivity index (χ4n) is 5.02. The highest BCUT2D eigenvalue weighted by atomic mass is 28.4. The molecule has 1 rings (SSSR count). The van der Waals surface area contributed by atoms with E-state index in [1.807, 2.05) is 19.6 Å². The number of ketones is 1. The van der Waals surface area contributed by atoms with Crippen LogP contribution in [0.1, 0.15) is 77.6 Å². The molecule has 0 spiro atoms. The van der Waals surface area contributed by atoms with E-state index in [1.54, 1.807) is 0 Å². The van der Waals surface area contributed by atoms with Crippen LogP contribution in [0.2, 0.25) is 58.9 Å². The van der Waals surface area contributed by atoms with Crippen molar-refractivity contribution in [3.05, 3.63) is 12.2 Å². The molecule has 8 heteroatoms. The minimum atomic E-state index is -1.80. The maximum absolute atomic E-state index is 13.1. The molecule has 1 fully saturated rings. The number of carbonyl (C=O) groups is 2. The number of carbonyl (C=O) groups excluding carboxylic acids is 2. The van der Waals surface area contributed by atoms with Crippen LogP contribution >= 0.6 is 0 Å². The molecule has 0 aromatic carbocycles. The van der Waals surface area contributed by atoms with Gasteiger partial charge in [-0.2, -0.15) is 0 Å². The fourth-order valence-corrected chi connectivity index (χ4v) is 8.06. The molecule has 0 N–H and O–H groups in total. The van der Waals surface area contributed by atoms with Gasteiger partial charge < -0.3 is 13.3 Å². The highest BCUT2D eigenvalue weighted by Crippen LogP contribution is 2.38. The number of hydrogen-bond acceptors (Lipinski definition) is 5. The molecule has 0 aromatic heterocycles. The molecule has 5 nitrogen and oxygen atoms in total. The maximum Gasteiger partial charge on any atom is 0.292 e. The monoisotopic (exact) mass is 570 g/mol. The topological polar surface area (TPSA) is 61.8 Å². The van der Waals surface area contributed by atoms with E-state index in [0.717, 1.165) is 38.5 Å². The Bertz CT molecular complexity index is 719. The second kappa shape index (κ2) is 15.9. The van der Waals surface area contributed by atoms with Gasteiger partial charge >= 0.3 is 0 Å². The van der Waals surface area contributed by atoms with Gasteiger partial charge in [0.15, 0.2) is 16.6 Å². The van der Waals surface area contributed by atoms with Crippen LogP contribution in [-0.4, -0.2) is 48.9 Å². The van der Waals surface area contributed by atoms with Gasteiger partial charge in [0.25, 0.3) is 5.97 Å². The second-order valence-corrected chi connectivity index (χ2v) is 27.2. The number of unbranched alkanes of at least 4 members (excludes halogenated alkanes) is 5. The molecule has 37 heavy (non-hydrogen) atoms. The van der Waals surface area contributed by atoms with Crippen LogP contribution < -0.4 is 0 Å². The fraction of sp³-hybridized carbons (Fsp3) is 0.862. The molecule has 0 heterocycles. The molecule has 4 atom stereocenters. The number of Topliss-reactive ketones (excluding diaryl/α,β-unsaturated/α-hetero) is 1. The van der Waals surface area contributed by atoms with Crippen molar-refractivity contribution in [3.63, 3.8) is 0 Å². The molecular weight excluding hydrogens is 513 g/mol. The van der Waals surface area contributed by atoms with Gasteiger partial charge in [-0.05, 0) is 78.2 Å². The SMILES string of the molecule is CCCCC[C@@H](/C=C/[C@H]1[C@H](O[Si](C)(C)C)CC(=O)[C@@H]1CCCCCCC(=O)O[Si](C)(C)C)O[Si](C)(C)C. The largest absolute Gasteiger partial charge is 0.520 e. The number of rotatable bonds is 18. The van der Waals surface area contributed by atoms with Gasteiger partial charge in [-0.15, -0.1) is 0 Å². The molecule has 216 valence electrons. The predicted molar refractivity (Wildman–Crippen MR) is 163 cm³/mol. The molecule has 0 unspecified atom stereocenters. The molecule has 1 saturated carbocycles. The Balaban J connectivity index is 2.79. The Hall–Kier alpha value is -0.549. The zero-order valence-electron chi connectivity index (χ0n) is 25.8. The summed E-state index contributed by atoms with van der Waals surface area (Å²) < 4.78 is 18.6. The molecule has 0 amide bonds. The Kier molecular flexibility index (Phi) is 14.8. The van der Waals surface area contributed by atoms with E-state index in [4.69, 9.17) is 13.3 Å². The third kappa shape index (κ3) is 16.2. The molecular formula is C29H58O5Si3. The maximum atomic E-state index is 13.1. The first-order chi connectivity index (χ1) is 17.0. The molecule has 1 aliphatic rings. The van der Waals surface area contributed by atoms with E-state index in [-0.39, 0.29) is 30.0 Å². The molecule has 0 radical (unpaired) electrons. The van der Waals surface area contributed by atoms with E-state index in [0.29, 0.717) is 18.6 Å². The van der Waals surface area contributed by atoms with Gasteiger partial charge in [0.2, 0.25) is 8.32 Å². The lowest BCUT2D eigenvalue weighted by Crippen LogP contribution is -2.35. The standard InChI is InChI=1S/C29H58O5Si3/c1-11-12-15-18-24(32-35(2,3)4)21-22-26-25(27(30)23-28(26)33-36(5,6)7)19-16-13-14-17-20-29(31)34-37(8,9)10/h21-22,24-26,28H,11-20,23H2,1-10H3/b22-21+/t24-,25+,26+,28+/m0/s1. The average molecular weight is 571 g/mol. The van der Waals surface area contributed by atoms with Gasteiger partial charge in [0.05, 0.1) is 12.2 Å². The summed E-state index contributed by atoms with van der Waals surface area (Å²) >= 11 is 0. The highest BCUT2D eigenvalue weighted by Gasteiger charge is 2.42. The van der Waals surface area contributed by atoms with Gasteiger partial charge in [0.1, 0.15) is 5.78 Å². The predicted octanol–water partition coefficient (Wildman–Crippen LogP) is 8.49. The van der Waals surface area contributed by atoms with Crippen molar-refractivity contribution in [2.75, 3.05) is 0 Å². The summed E-state index contributed by atoms with van der Waals surface area (Å²) in [7, 11) is -5.25. The van der Waals surface area contributed by atoms with Gasteiger partial charge in [-0.25, -0.2) is 0 Å². The summed E-state index contributed by atoms with van der Waals surface area (Å²) in [6.07, 6.45) is 15.1. The smallest absolute Gasteiger partial charge is 0.292 e. The Morgan fingerprint density at radius 1 is 0.892 bits per heavy atom. The zero-order valence-corrected chi connectivity index (χ0v) is 28.8. The second-order valence-electron chi connectivity index (χ2n) is 13.8. The molecule has 0 bridgehead atoms. The zero-order chi connectivity index (χ0) is 28.3. The van der Waals surface area contributed by atoms with Crippen molar-refractivity contribution < 1.29 is 22.9 Å². The van der Waals surface area contributed by atoms with E-state index >= 15 is 0 Å². The van der Waals surface area contributed by atoms with Crippen LogP contribution in [0.5, 0.6) is 0 Å². The van der Waals surface area contributed by atoms with Crippen molar-refractivity contribution in [1.29, 1.82) is 0 Å². The molecule has 0 saturated heterocycles. The van der Waals surface area contributed by atoms with Crippen molar-refractivity contribution >= 4 is 36.7 Å². The quantitative estimate of drug-likeness (QED) is 0.0939. The van der Waals surface area contributed by atoms with Crippen molar-refractivity contribution in [1.82, 2.24) is 0 Å². The minimum Gasteiger partial charge on any atom is -0.520 e. The summed E-state index contributed by atoms with van der Waals surface area (Å²) in [6.45, 7) is 21.7. The lowest BCUT2D eigenvalue weighted by molar-refractivity contribution is -0.135. The summed E-state index contributed by atoms with van der Waals surface area (Å²) in [4.78, 5) is 25.1. The summed E-state index contributed by atoms with van der Waals surface area (Å²) in [5.74, 6) is 0.448. The molecule has 0 aromatic rings.